The molecule has 1 atom stereocenters. The lowest BCUT2D eigenvalue weighted by Crippen LogP contribution is -2.52. The second kappa shape index (κ2) is 9.10. The first-order valence-corrected chi connectivity index (χ1v) is 10.3. The zero-order chi connectivity index (χ0) is 21.8. The zero-order valence-corrected chi connectivity index (χ0v) is 17.7. The molecule has 1 heterocycles. The number of methoxy groups -OCH3 is 1. The summed E-state index contributed by atoms with van der Waals surface area (Å²) in [5, 5.41) is 5.11. The fourth-order valence-corrected chi connectivity index (χ4v) is 3.68. The first kappa shape index (κ1) is 20.8. The lowest BCUT2D eigenvalue weighted by atomic mass is 10.0. The standard InChI is InChI=1S/C24H22ClN3O3/c1-31-19-11-8-17(9-12-19)23-26-21-13-10-18(25)15-20(21)24(30)28(23)27-22(29)14-7-16-5-3-2-4-6-16/h2-6,8-13,15,23,26H,7,14H2,1H3,(H,27,29). The van der Waals surface area contributed by atoms with Gasteiger partial charge in [-0.25, -0.2) is 5.01 Å². The van der Waals surface area contributed by atoms with E-state index in [4.69, 9.17) is 16.3 Å². The van der Waals surface area contributed by atoms with Crippen LogP contribution < -0.4 is 15.5 Å². The minimum absolute atomic E-state index is 0.247. The maximum absolute atomic E-state index is 13.3. The van der Waals surface area contributed by atoms with Gasteiger partial charge in [-0.15, -0.1) is 0 Å². The van der Waals surface area contributed by atoms with Gasteiger partial charge in [-0.1, -0.05) is 54.1 Å². The maximum atomic E-state index is 13.3. The third-order valence-corrected chi connectivity index (χ3v) is 5.38. The summed E-state index contributed by atoms with van der Waals surface area (Å²) in [4.78, 5) is 26.0. The van der Waals surface area contributed by atoms with Gasteiger partial charge < -0.3 is 10.1 Å². The fourth-order valence-electron chi connectivity index (χ4n) is 3.50. The summed E-state index contributed by atoms with van der Waals surface area (Å²) in [6, 6.07) is 22.2. The summed E-state index contributed by atoms with van der Waals surface area (Å²) in [5.41, 5.74) is 5.71. The minimum Gasteiger partial charge on any atom is -0.497 e. The van der Waals surface area contributed by atoms with E-state index in [0.717, 1.165) is 11.1 Å². The molecular formula is C24H22ClN3O3. The summed E-state index contributed by atoms with van der Waals surface area (Å²) in [6.07, 6.45) is 0.260. The van der Waals surface area contributed by atoms with Gasteiger partial charge in [0.1, 0.15) is 11.9 Å². The van der Waals surface area contributed by atoms with Gasteiger partial charge in [0.05, 0.1) is 12.7 Å². The molecule has 158 valence electrons. The van der Waals surface area contributed by atoms with Gasteiger partial charge in [0, 0.05) is 17.1 Å². The quantitative estimate of drug-likeness (QED) is 0.594. The van der Waals surface area contributed by atoms with Crippen molar-refractivity contribution in [3.8, 4) is 5.75 Å². The molecule has 1 unspecified atom stereocenters. The Kier molecular flexibility index (Phi) is 6.09. The fraction of sp³-hybridized carbons (Fsp3) is 0.167. The third kappa shape index (κ3) is 4.64. The van der Waals surface area contributed by atoms with Gasteiger partial charge in [0.25, 0.3) is 5.91 Å². The van der Waals surface area contributed by atoms with E-state index in [1.807, 2.05) is 54.6 Å². The SMILES string of the molecule is COc1ccc(C2Nc3ccc(Cl)cc3C(=O)N2NC(=O)CCc2ccccc2)cc1. The predicted octanol–water partition coefficient (Wildman–Crippen LogP) is 4.58. The molecule has 0 saturated heterocycles. The average molecular weight is 436 g/mol. The molecular weight excluding hydrogens is 414 g/mol. The number of nitrogens with one attached hydrogen (secondary N) is 2. The van der Waals surface area contributed by atoms with Crippen molar-refractivity contribution in [3.05, 3.63) is 94.5 Å². The molecule has 0 aliphatic carbocycles. The van der Waals surface area contributed by atoms with Gasteiger partial charge >= 0.3 is 0 Å². The molecule has 31 heavy (non-hydrogen) atoms. The molecule has 0 bridgehead atoms. The molecule has 6 nitrogen and oxygen atoms in total. The summed E-state index contributed by atoms with van der Waals surface area (Å²) in [7, 11) is 1.59. The van der Waals surface area contributed by atoms with Crippen LogP contribution in [-0.2, 0) is 11.2 Å². The Labute approximate surface area is 185 Å². The monoisotopic (exact) mass is 435 g/mol. The molecule has 0 radical (unpaired) electrons. The van der Waals surface area contributed by atoms with E-state index in [0.29, 0.717) is 28.4 Å². The maximum Gasteiger partial charge on any atom is 0.276 e. The van der Waals surface area contributed by atoms with Gasteiger partial charge in [-0.2, -0.15) is 0 Å². The second-order valence-corrected chi connectivity index (χ2v) is 7.64. The first-order chi connectivity index (χ1) is 15.0. The van der Waals surface area contributed by atoms with Crippen LogP contribution in [0, 0.1) is 0 Å². The van der Waals surface area contributed by atoms with Crippen LogP contribution >= 0.6 is 11.6 Å². The Morgan fingerprint density at radius 2 is 1.84 bits per heavy atom. The van der Waals surface area contributed by atoms with Crippen molar-refractivity contribution in [1.82, 2.24) is 10.4 Å². The zero-order valence-electron chi connectivity index (χ0n) is 17.0. The number of hydrazine groups is 1. The number of halogens is 1. The lowest BCUT2D eigenvalue weighted by molar-refractivity contribution is -0.125. The van der Waals surface area contributed by atoms with E-state index in [-0.39, 0.29) is 18.2 Å². The molecule has 2 amide bonds. The summed E-state index contributed by atoms with van der Waals surface area (Å²) >= 11 is 6.10. The third-order valence-electron chi connectivity index (χ3n) is 5.14. The van der Waals surface area contributed by atoms with Gasteiger partial charge in [0.2, 0.25) is 5.91 Å². The molecule has 4 rings (SSSR count). The van der Waals surface area contributed by atoms with Crippen LogP contribution in [0.3, 0.4) is 0 Å². The molecule has 0 fully saturated rings. The average Bonchev–Trinajstić information content (AvgIpc) is 2.80. The Morgan fingerprint density at radius 1 is 1.10 bits per heavy atom. The second-order valence-electron chi connectivity index (χ2n) is 7.21. The number of ether oxygens (including phenoxy) is 1. The van der Waals surface area contributed by atoms with Crippen molar-refractivity contribution in [3.63, 3.8) is 0 Å². The van der Waals surface area contributed by atoms with Crippen LogP contribution in [0.25, 0.3) is 0 Å². The number of carbonyl (C=O) groups is 2. The van der Waals surface area contributed by atoms with Crippen LogP contribution in [0.4, 0.5) is 5.69 Å². The van der Waals surface area contributed by atoms with Crippen LogP contribution in [0.5, 0.6) is 5.75 Å². The molecule has 2 N–H and O–H groups in total. The highest BCUT2D eigenvalue weighted by Crippen LogP contribution is 2.34. The number of carbonyl (C=O) groups excluding carboxylic acids is 2. The molecule has 1 aliphatic rings. The van der Waals surface area contributed by atoms with Crippen LogP contribution in [-0.4, -0.2) is 23.9 Å². The lowest BCUT2D eigenvalue weighted by Gasteiger charge is -2.38. The topological polar surface area (TPSA) is 70.7 Å². The Hall–Kier alpha value is -3.51. The van der Waals surface area contributed by atoms with E-state index in [1.54, 1.807) is 25.3 Å². The number of amides is 2. The molecule has 0 aromatic heterocycles. The minimum atomic E-state index is -0.576. The number of fused-ring (bicyclic) bond motifs is 1. The van der Waals surface area contributed by atoms with Crippen molar-refractivity contribution in [2.75, 3.05) is 12.4 Å². The number of rotatable bonds is 6. The van der Waals surface area contributed by atoms with Gasteiger partial charge in [-0.3, -0.25) is 15.0 Å². The van der Waals surface area contributed by atoms with E-state index in [9.17, 15) is 9.59 Å². The van der Waals surface area contributed by atoms with Crippen LogP contribution in [0.2, 0.25) is 5.02 Å². The number of aryl methyl sites for hydroxylation is 1. The van der Waals surface area contributed by atoms with E-state index in [2.05, 4.69) is 10.7 Å². The number of anilines is 1. The Balaban J connectivity index is 1.58. The smallest absolute Gasteiger partial charge is 0.276 e. The van der Waals surface area contributed by atoms with Crippen molar-refractivity contribution in [1.29, 1.82) is 0 Å². The number of hydrogen-bond donors (Lipinski definition) is 2. The summed E-state index contributed by atoms with van der Waals surface area (Å²) in [5.74, 6) is 0.129. The van der Waals surface area contributed by atoms with E-state index in [1.165, 1.54) is 5.01 Å². The molecule has 1 aliphatic heterocycles. The van der Waals surface area contributed by atoms with Gasteiger partial charge in [0.15, 0.2) is 0 Å². The Bertz CT molecular complexity index is 1090. The van der Waals surface area contributed by atoms with Crippen molar-refractivity contribution in [2.24, 2.45) is 0 Å². The number of nitrogens with zero attached hydrogens (tertiary/aromatic N) is 1. The summed E-state index contributed by atoms with van der Waals surface area (Å²) in [6.45, 7) is 0. The van der Waals surface area contributed by atoms with Crippen molar-refractivity contribution >= 4 is 29.1 Å². The van der Waals surface area contributed by atoms with Crippen molar-refractivity contribution < 1.29 is 14.3 Å². The highest BCUT2D eigenvalue weighted by molar-refractivity contribution is 6.31. The highest BCUT2D eigenvalue weighted by Gasteiger charge is 2.34. The van der Waals surface area contributed by atoms with Crippen LogP contribution in [0.15, 0.2) is 72.8 Å². The molecule has 0 saturated carbocycles. The molecule has 3 aromatic rings. The van der Waals surface area contributed by atoms with E-state index >= 15 is 0 Å². The number of hydrogen-bond acceptors (Lipinski definition) is 4. The van der Waals surface area contributed by atoms with Gasteiger partial charge in [-0.05, 0) is 47.9 Å². The largest absolute Gasteiger partial charge is 0.497 e. The van der Waals surface area contributed by atoms with E-state index < -0.39 is 6.17 Å². The summed E-state index contributed by atoms with van der Waals surface area (Å²) < 4.78 is 5.23. The molecule has 7 heteroatoms. The number of benzene rings is 3. The normalized spacial score (nSPS) is 15.1. The predicted molar refractivity (Wildman–Crippen MR) is 120 cm³/mol. The highest BCUT2D eigenvalue weighted by atomic mass is 35.5. The molecule has 3 aromatic carbocycles. The van der Waals surface area contributed by atoms with Crippen molar-refractivity contribution in [2.45, 2.75) is 19.0 Å². The first-order valence-electron chi connectivity index (χ1n) is 9.92. The molecule has 0 spiro atoms. The Morgan fingerprint density at radius 3 is 2.55 bits per heavy atom. The van der Waals surface area contributed by atoms with Crippen LogP contribution in [0.1, 0.15) is 34.1 Å².